The second-order valence-electron chi connectivity index (χ2n) is 7.92. The Morgan fingerprint density at radius 1 is 1.26 bits per heavy atom. The molecule has 1 aliphatic rings. The quantitative estimate of drug-likeness (QED) is 0.469. The Bertz CT molecular complexity index is 1060. The topological polar surface area (TPSA) is 73.4 Å². The van der Waals surface area contributed by atoms with Crippen LogP contribution in [0.25, 0.3) is 11.1 Å². The molecule has 2 aromatic carbocycles. The van der Waals surface area contributed by atoms with Gasteiger partial charge in [-0.3, -0.25) is 9.89 Å². The summed E-state index contributed by atoms with van der Waals surface area (Å²) in [6.07, 6.45) is 7.32. The average molecular weight is 420 g/mol. The van der Waals surface area contributed by atoms with Crippen LogP contribution in [0.5, 0.6) is 0 Å². The lowest BCUT2D eigenvalue weighted by Gasteiger charge is -2.32. The molecule has 0 aliphatic carbocycles. The number of piperidine rings is 1. The number of hydrazone groups is 1. The number of carbonyl (C=O) groups is 1. The second-order valence-corrected chi connectivity index (χ2v) is 7.92. The highest BCUT2D eigenvalue weighted by molar-refractivity contribution is 5.94. The zero-order valence-electron chi connectivity index (χ0n) is 17.5. The predicted octanol–water partition coefficient (Wildman–Crippen LogP) is 4.00. The Kier molecular flexibility index (Phi) is 6.40. The molecular formula is C24H26FN5O. The van der Waals surface area contributed by atoms with Gasteiger partial charge in [-0.2, -0.15) is 10.2 Å². The van der Waals surface area contributed by atoms with Crippen molar-refractivity contribution in [2.24, 2.45) is 11.0 Å². The average Bonchev–Trinajstić information content (AvgIpc) is 3.33. The normalized spacial score (nSPS) is 14.8. The first-order valence-corrected chi connectivity index (χ1v) is 10.5. The van der Waals surface area contributed by atoms with E-state index in [0.717, 1.165) is 41.6 Å². The SMILES string of the molecule is Cc1ccc(-c2cn[nH]c2)cc1/C=N\NCC1CCN(C(=O)c2cccc(F)c2)CC1. The smallest absolute Gasteiger partial charge is 0.253 e. The maximum atomic E-state index is 13.4. The van der Waals surface area contributed by atoms with E-state index in [0.29, 0.717) is 24.6 Å². The van der Waals surface area contributed by atoms with Crippen LogP contribution in [0, 0.1) is 18.7 Å². The largest absolute Gasteiger partial charge is 0.339 e. The molecule has 2 heterocycles. The number of nitrogens with zero attached hydrogens (tertiary/aromatic N) is 3. The van der Waals surface area contributed by atoms with Crippen molar-refractivity contribution in [2.75, 3.05) is 19.6 Å². The molecule has 31 heavy (non-hydrogen) atoms. The monoisotopic (exact) mass is 419 g/mol. The first-order valence-electron chi connectivity index (χ1n) is 10.5. The molecule has 0 saturated carbocycles. The molecule has 1 aromatic heterocycles. The van der Waals surface area contributed by atoms with Crippen LogP contribution < -0.4 is 5.43 Å². The summed E-state index contributed by atoms with van der Waals surface area (Å²) >= 11 is 0. The number of hydrogen-bond donors (Lipinski definition) is 2. The molecule has 1 saturated heterocycles. The fraction of sp³-hybridized carbons (Fsp3) is 0.292. The number of rotatable bonds is 6. The summed E-state index contributed by atoms with van der Waals surface area (Å²) in [4.78, 5) is 14.3. The maximum Gasteiger partial charge on any atom is 0.253 e. The Morgan fingerprint density at radius 3 is 2.84 bits per heavy atom. The maximum absolute atomic E-state index is 13.4. The van der Waals surface area contributed by atoms with Crippen molar-refractivity contribution in [1.29, 1.82) is 0 Å². The lowest BCUT2D eigenvalue weighted by molar-refractivity contribution is 0.0690. The van der Waals surface area contributed by atoms with Gasteiger partial charge in [-0.05, 0) is 66.6 Å². The van der Waals surface area contributed by atoms with Gasteiger partial charge in [0.25, 0.3) is 5.91 Å². The molecule has 0 atom stereocenters. The Hall–Kier alpha value is -3.48. The minimum absolute atomic E-state index is 0.100. The Morgan fingerprint density at radius 2 is 2.10 bits per heavy atom. The molecule has 0 bridgehead atoms. The number of aryl methyl sites for hydroxylation is 1. The van der Waals surface area contributed by atoms with Gasteiger partial charge in [0.2, 0.25) is 0 Å². The lowest BCUT2D eigenvalue weighted by Crippen LogP contribution is -2.40. The molecule has 7 heteroatoms. The summed E-state index contributed by atoms with van der Waals surface area (Å²) < 4.78 is 13.4. The van der Waals surface area contributed by atoms with Gasteiger partial charge in [0, 0.05) is 37.0 Å². The highest BCUT2D eigenvalue weighted by atomic mass is 19.1. The number of benzene rings is 2. The van der Waals surface area contributed by atoms with E-state index in [1.807, 2.05) is 12.4 Å². The van der Waals surface area contributed by atoms with Crippen LogP contribution in [-0.2, 0) is 0 Å². The summed E-state index contributed by atoms with van der Waals surface area (Å²) in [5.41, 5.74) is 7.93. The van der Waals surface area contributed by atoms with Crippen molar-refractivity contribution in [3.8, 4) is 11.1 Å². The molecule has 3 aromatic rings. The van der Waals surface area contributed by atoms with E-state index in [2.05, 4.69) is 45.8 Å². The number of aromatic amines is 1. The molecule has 6 nitrogen and oxygen atoms in total. The molecular weight excluding hydrogens is 393 g/mol. The molecule has 4 rings (SSSR count). The van der Waals surface area contributed by atoms with E-state index in [-0.39, 0.29) is 11.7 Å². The zero-order chi connectivity index (χ0) is 21.6. The van der Waals surface area contributed by atoms with Crippen LogP contribution in [-0.4, -0.2) is 46.9 Å². The fourth-order valence-electron chi connectivity index (χ4n) is 3.81. The first kappa shape index (κ1) is 20.8. The summed E-state index contributed by atoms with van der Waals surface area (Å²) in [6, 6.07) is 12.1. The van der Waals surface area contributed by atoms with Gasteiger partial charge in [-0.25, -0.2) is 4.39 Å². The van der Waals surface area contributed by atoms with Crippen molar-refractivity contribution in [3.63, 3.8) is 0 Å². The molecule has 0 radical (unpaired) electrons. The number of aromatic nitrogens is 2. The Balaban J connectivity index is 1.26. The van der Waals surface area contributed by atoms with E-state index in [4.69, 9.17) is 0 Å². The lowest BCUT2D eigenvalue weighted by atomic mass is 9.96. The third-order valence-corrected chi connectivity index (χ3v) is 5.76. The molecule has 2 N–H and O–H groups in total. The third kappa shape index (κ3) is 5.17. The van der Waals surface area contributed by atoms with E-state index in [1.165, 1.54) is 12.1 Å². The van der Waals surface area contributed by atoms with Crippen molar-refractivity contribution >= 4 is 12.1 Å². The molecule has 1 aliphatic heterocycles. The highest BCUT2D eigenvalue weighted by Crippen LogP contribution is 2.21. The van der Waals surface area contributed by atoms with Crippen LogP contribution in [0.3, 0.4) is 0 Å². The molecule has 0 unspecified atom stereocenters. The van der Waals surface area contributed by atoms with Gasteiger partial charge >= 0.3 is 0 Å². The molecule has 1 amide bonds. The van der Waals surface area contributed by atoms with Crippen LogP contribution in [0.2, 0.25) is 0 Å². The van der Waals surface area contributed by atoms with Crippen molar-refractivity contribution in [1.82, 2.24) is 20.5 Å². The van der Waals surface area contributed by atoms with Crippen molar-refractivity contribution in [2.45, 2.75) is 19.8 Å². The van der Waals surface area contributed by atoms with Gasteiger partial charge < -0.3 is 10.3 Å². The fourth-order valence-corrected chi connectivity index (χ4v) is 3.81. The van der Waals surface area contributed by atoms with Gasteiger partial charge in [0.05, 0.1) is 12.4 Å². The highest BCUT2D eigenvalue weighted by Gasteiger charge is 2.23. The third-order valence-electron chi connectivity index (χ3n) is 5.76. The number of hydrogen-bond acceptors (Lipinski definition) is 4. The van der Waals surface area contributed by atoms with Gasteiger partial charge in [0.1, 0.15) is 5.82 Å². The minimum Gasteiger partial charge on any atom is -0.339 e. The van der Waals surface area contributed by atoms with Crippen LogP contribution in [0.1, 0.15) is 34.3 Å². The number of nitrogens with one attached hydrogen (secondary N) is 2. The summed E-state index contributed by atoms with van der Waals surface area (Å²) in [5, 5.41) is 11.2. The number of likely N-dealkylation sites (tertiary alicyclic amines) is 1. The van der Waals surface area contributed by atoms with E-state index in [9.17, 15) is 9.18 Å². The summed E-state index contributed by atoms with van der Waals surface area (Å²) in [7, 11) is 0. The number of amides is 1. The van der Waals surface area contributed by atoms with Crippen molar-refractivity contribution < 1.29 is 9.18 Å². The van der Waals surface area contributed by atoms with Crippen LogP contribution in [0.4, 0.5) is 4.39 Å². The molecule has 0 spiro atoms. The van der Waals surface area contributed by atoms with E-state index >= 15 is 0 Å². The number of H-pyrrole nitrogens is 1. The predicted molar refractivity (Wildman–Crippen MR) is 119 cm³/mol. The van der Waals surface area contributed by atoms with Crippen LogP contribution in [0.15, 0.2) is 60.0 Å². The second kappa shape index (κ2) is 9.55. The van der Waals surface area contributed by atoms with E-state index < -0.39 is 0 Å². The standard InChI is InChI=1S/C24H26FN5O/c1-17-5-6-19(22-15-28-29-16-22)11-21(17)14-27-26-13-18-7-9-30(10-8-18)24(31)20-3-2-4-23(25)12-20/h2-6,11-12,14-16,18,26H,7-10,13H2,1H3,(H,28,29)/b27-14-. The summed E-state index contributed by atoms with van der Waals surface area (Å²) in [6.45, 7) is 4.18. The molecule has 160 valence electrons. The number of carbonyl (C=O) groups excluding carboxylic acids is 1. The zero-order valence-corrected chi connectivity index (χ0v) is 17.5. The van der Waals surface area contributed by atoms with Gasteiger partial charge in [0.15, 0.2) is 0 Å². The van der Waals surface area contributed by atoms with Crippen LogP contribution >= 0.6 is 0 Å². The van der Waals surface area contributed by atoms with Gasteiger partial charge in [-0.15, -0.1) is 0 Å². The number of halogens is 1. The van der Waals surface area contributed by atoms with E-state index in [1.54, 1.807) is 23.2 Å². The van der Waals surface area contributed by atoms with Crippen molar-refractivity contribution in [3.05, 3.63) is 77.4 Å². The first-order chi connectivity index (χ1) is 15.1. The van der Waals surface area contributed by atoms with Gasteiger partial charge in [-0.1, -0.05) is 18.2 Å². The molecule has 1 fully saturated rings. The Labute approximate surface area is 181 Å². The summed E-state index contributed by atoms with van der Waals surface area (Å²) in [5.74, 6) is -0.0303. The minimum atomic E-state index is -0.381.